The van der Waals surface area contributed by atoms with Gasteiger partial charge in [-0.3, -0.25) is 9.78 Å². The molecule has 1 aromatic heterocycles. The fourth-order valence-electron chi connectivity index (χ4n) is 1.54. The lowest BCUT2D eigenvalue weighted by molar-refractivity contribution is -0.136. The molecule has 2 rings (SSSR count). The van der Waals surface area contributed by atoms with Crippen LogP contribution in [0.4, 0.5) is 18.9 Å². The first kappa shape index (κ1) is 14.0. The minimum absolute atomic E-state index is 0.0485. The molecule has 0 radical (unpaired) electrons. The summed E-state index contributed by atoms with van der Waals surface area (Å²) in [6.45, 7) is 1.69. The van der Waals surface area contributed by atoms with Gasteiger partial charge in [0, 0.05) is 6.20 Å². The number of hydrogen-bond acceptors (Lipinski definition) is 3. The fraction of sp³-hybridized carbons (Fsp3) is 0.154. The number of alkyl halides is 3. The number of nitrogens with one attached hydrogen (secondary N) is 1. The maximum absolute atomic E-state index is 12.8. The smallest absolute Gasteiger partial charge is 0.320 e. The molecule has 0 aliphatic heterocycles. The number of amides is 1. The highest BCUT2D eigenvalue weighted by Gasteiger charge is 2.33. The number of anilines is 1. The van der Waals surface area contributed by atoms with Gasteiger partial charge in [-0.15, -0.1) is 0 Å². The summed E-state index contributed by atoms with van der Waals surface area (Å²) in [5.41, 5.74) is -0.661. The molecule has 0 spiro atoms. The molecule has 1 heterocycles. The quantitative estimate of drug-likeness (QED) is 0.920. The molecule has 0 fully saturated rings. The zero-order valence-corrected chi connectivity index (χ0v) is 10.4. The van der Waals surface area contributed by atoms with E-state index in [4.69, 9.17) is 0 Å². The van der Waals surface area contributed by atoms with Crippen LogP contribution in [0.3, 0.4) is 0 Å². The Balaban J connectivity index is 2.26. The monoisotopic (exact) mass is 281 g/mol. The second-order valence-electron chi connectivity index (χ2n) is 4.04. The Morgan fingerprint density at radius 2 is 1.85 bits per heavy atom. The molecule has 0 saturated heterocycles. The number of carbonyl (C=O) groups excluding carboxylic acids is 1. The van der Waals surface area contributed by atoms with Crippen LogP contribution in [0.5, 0.6) is 0 Å². The lowest BCUT2D eigenvalue weighted by Gasteiger charge is -2.13. The van der Waals surface area contributed by atoms with E-state index in [0.29, 0.717) is 5.69 Å². The van der Waals surface area contributed by atoms with E-state index in [2.05, 4.69) is 15.3 Å². The Morgan fingerprint density at radius 3 is 2.45 bits per heavy atom. The van der Waals surface area contributed by atoms with Gasteiger partial charge in [-0.25, -0.2) is 4.98 Å². The van der Waals surface area contributed by atoms with E-state index < -0.39 is 17.6 Å². The lowest BCUT2D eigenvalue weighted by atomic mass is 10.1. The topological polar surface area (TPSA) is 54.9 Å². The van der Waals surface area contributed by atoms with Crippen LogP contribution in [0.1, 0.15) is 21.7 Å². The summed E-state index contributed by atoms with van der Waals surface area (Å²) in [5, 5.41) is 2.19. The summed E-state index contributed by atoms with van der Waals surface area (Å²) < 4.78 is 38.3. The van der Waals surface area contributed by atoms with E-state index in [9.17, 15) is 18.0 Å². The molecule has 1 aromatic carbocycles. The fourth-order valence-corrected chi connectivity index (χ4v) is 1.54. The Kier molecular flexibility index (Phi) is 3.69. The molecular formula is C13H10F3N3O. The number of nitrogens with zero attached hydrogens (tertiary/aromatic N) is 2. The molecule has 20 heavy (non-hydrogen) atoms. The van der Waals surface area contributed by atoms with Gasteiger partial charge in [-0.2, -0.15) is 13.2 Å². The number of aryl methyl sites for hydroxylation is 1. The second-order valence-corrected chi connectivity index (χ2v) is 4.04. The average molecular weight is 281 g/mol. The highest BCUT2D eigenvalue weighted by Crippen LogP contribution is 2.34. The Hall–Kier alpha value is -2.44. The standard InChI is InChI=1S/C13H10F3N3O/c1-8-6-18-11(7-17-8)12(20)19-10-5-3-2-4-9(10)13(14,15)16/h2-7H,1H3,(H,19,20). The summed E-state index contributed by atoms with van der Waals surface area (Å²) in [7, 11) is 0. The first-order valence-electron chi connectivity index (χ1n) is 5.64. The van der Waals surface area contributed by atoms with E-state index in [1.54, 1.807) is 6.92 Å². The second kappa shape index (κ2) is 5.28. The number of hydrogen-bond donors (Lipinski definition) is 1. The molecule has 1 N–H and O–H groups in total. The van der Waals surface area contributed by atoms with Crippen molar-refractivity contribution in [1.29, 1.82) is 0 Å². The highest BCUT2D eigenvalue weighted by molar-refractivity contribution is 6.03. The minimum atomic E-state index is -4.54. The Morgan fingerprint density at radius 1 is 1.15 bits per heavy atom. The number of para-hydroxylation sites is 1. The third-order valence-electron chi connectivity index (χ3n) is 2.49. The summed E-state index contributed by atoms with van der Waals surface area (Å²) in [6, 6.07) is 4.74. The Labute approximate surface area is 112 Å². The minimum Gasteiger partial charge on any atom is -0.320 e. The summed E-state index contributed by atoms with van der Waals surface area (Å²) in [6.07, 6.45) is -1.96. The van der Waals surface area contributed by atoms with Crippen molar-refractivity contribution in [2.75, 3.05) is 5.32 Å². The lowest BCUT2D eigenvalue weighted by Crippen LogP contribution is -2.17. The predicted octanol–water partition coefficient (Wildman–Crippen LogP) is 3.06. The van der Waals surface area contributed by atoms with Crippen LogP contribution in [-0.4, -0.2) is 15.9 Å². The zero-order chi connectivity index (χ0) is 14.8. The molecule has 104 valence electrons. The van der Waals surface area contributed by atoms with E-state index in [-0.39, 0.29) is 11.4 Å². The molecular weight excluding hydrogens is 271 g/mol. The van der Waals surface area contributed by atoms with Gasteiger partial charge in [0.25, 0.3) is 5.91 Å². The summed E-state index contributed by atoms with van der Waals surface area (Å²) in [5.74, 6) is -0.741. The molecule has 1 amide bonds. The average Bonchev–Trinajstić information content (AvgIpc) is 2.38. The van der Waals surface area contributed by atoms with Crippen molar-refractivity contribution in [3.63, 3.8) is 0 Å². The third kappa shape index (κ3) is 3.11. The van der Waals surface area contributed by atoms with Crippen LogP contribution in [0.25, 0.3) is 0 Å². The van der Waals surface area contributed by atoms with Crippen molar-refractivity contribution in [1.82, 2.24) is 9.97 Å². The van der Waals surface area contributed by atoms with Gasteiger partial charge >= 0.3 is 6.18 Å². The number of halogens is 3. The SMILES string of the molecule is Cc1cnc(C(=O)Nc2ccccc2C(F)(F)F)cn1. The number of benzene rings is 1. The Bertz CT molecular complexity index is 624. The van der Waals surface area contributed by atoms with E-state index in [0.717, 1.165) is 6.07 Å². The van der Waals surface area contributed by atoms with Crippen LogP contribution in [-0.2, 0) is 6.18 Å². The van der Waals surface area contributed by atoms with Gasteiger partial charge < -0.3 is 5.32 Å². The van der Waals surface area contributed by atoms with Crippen LogP contribution < -0.4 is 5.32 Å². The van der Waals surface area contributed by atoms with Crippen LogP contribution in [0, 0.1) is 6.92 Å². The molecule has 0 saturated carbocycles. The van der Waals surface area contributed by atoms with E-state index in [1.165, 1.54) is 30.6 Å². The van der Waals surface area contributed by atoms with E-state index >= 15 is 0 Å². The van der Waals surface area contributed by atoms with Crippen LogP contribution in [0.2, 0.25) is 0 Å². The molecule has 0 unspecified atom stereocenters. The maximum Gasteiger partial charge on any atom is 0.418 e. The van der Waals surface area contributed by atoms with Crippen molar-refractivity contribution < 1.29 is 18.0 Å². The van der Waals surface area contributed by atoms with Gasteiger partial charge in [-0.05, 0) is 19.1 Å². The van der Waals surface area contributed by atoms with Crippen molar-refractivity contribution in [3.8, 4) is 0 Å². The highest BCUT2D eigenvalue weighted by atomic mass is 19.4. The van der Waals surface area contributed by atoms with Crippen molar-refractivity contribution in [2.45, 2.75) is 13.1 Å². The first-order chi connectivity index (χ1) is 9.38. The zero-order valence-electron chi connectivity index (χ0n) is 10.4. The van der Waals surface area contributed by atoms with Crippen LogP contribution in [0.15, 0.2) is 36.7 Å². The molecule has 0 aliphatic carbocycles. The first-order valence-corrected chi connectivity index (χ1v) is 5.64. The molecule has 0 bridgehead atoms. The summed E-state index contributed by atoms with van der Waals surface area (Å²) in [4.78, 5) is 19.5. The van der Waals surface area contributed by atoms with Crippen LogP contribution >= 0.6 is 0 Å². The van der Waals surface area contributed by atoms with E-state index in [1.807, 2.05) is 0 Å². The normalized spacial score (nSPS) is 11.2. The van der Waals surface area contributed by atoms with Gasteiger partial charge in [0.05, 0.1) is 23.1 Å². The van der Waals surface area contributed by atoms with Crippen molar-refractivity contribution in [3.05, 3.63) is 53.6 Å². The van der Waals surface area contributed by atoms with Gasteiger partial charge in [0.1, 0.15) is 5.69 Å². The van der Waals surface area contributed by atoms with Gasteiger partial charge in [0.15, 0.2) is 0 Å². The predicted molar refractivity (Wildman–Crippen MR) is 66.2 cm³/mol. The van der Waals surface area contributed by atoms with Crippen molar-refractivity contribution in [2.24, 2.45) is 0 Å². The maximum atomic E-state index is 12.8. The number of aromatic nitrogens is 2. The molecule has 2 aromatic rings. The number of rotatable bonds is 2. The molecule has 0 atom stereocenters. The summed E-state index contributed by atoms with van der Waals surface area (Å²) >= 11 is 0. The molecule has 0 aliphatic rings. The molecule has 4 nitrogen and oxygen atoms in total. The largest absolute Gasteiger partial charge is 0.418 e. The third-order valence-corrected chi connectivity index (χ3v) is 2.49. The van der Waals surface area contributed by atoms with Gasteiger partial charge in [0.2, 0.25) is 0 Å². The van der Waals surface area contributed by atoms with Gasteiger partial charge in [-0.1, -0.05) is 12.1 Å². The number of carbonyl (C=O) groups is 1. The molecule has 7 heteroatoms. The van der Waals surface area contributed by atoms with Crippen molar-refractivity contribution >= 4 is 11.6 Å².